The van der Waals surface area contributed by atoms with Crippen molar-refractivity contribution in [3.8, 4) is 0 Å². The van der Waals surface area contributed by atoms with E-state index in [1.54, 1.807) is 12.1 Å². The Morgan fingerprint density at radius 2 is 2.12 bits per heavy atom. The first-order chi connectivity index (χ1) is 11.6. The fourth-order valence-corrected chi connectivity index (χ4v) is 2.83. The molecule has 3 rings (SSSR count). The molecule has 0 radical (unpaired) electrons. The maximum atomic E-state index is 14.4. The third kappa shape index (κ3) is 3.43. The van der Waals surface area contributed by atoms with E-state index in [2.05, 4.69) is 4.74 Å². The molecular weight excluding hydrogens is 319 g/mol. The SMILES string of the molecule is COC(=O)CC1CN(c2ccc(N3CCOCC3)c(F)c2)C(=O)O1. The van der Waals surface area contributed by atoms with Gasteiger partial charge in [0.2, 0.25) is 0 Å². The van der Waals surface area contributed by atoms with Crippen molar-refractivity contribution in [3.05, 3.63) is 24.0 Å². The molecule has 1 unspecified atom stereocenters. The van der Waals surface area contributed by atoms with Gasteiger partial charge in [0.15, 0.2) is 0 Å². The molecule has 130 valence electrons. The van der Waals surface area contributed by atoms with E-state index in [1.807, 2.05) is 4.90 Å². The number of cyclic esters (lactones) is 1. The molecule has 0 bridgehead atoms. The summed E-state index contributed by atoms with van der Waals surface area (Å²) in [5, 5.41) is 0. The molecule has 1 aromatic rings. The number of rotatable bonds is 4. The second-order valence-corrected chi connectivity index (χ2v) is 5.63. The summed E-state index contributed by atoms with van der Waals surface area (Å²) < 4.78 is 29.4. The molecule has 2 fully saturated rings. The summed E-state index contributed by atoms with van der Waals surface area (Å²) in [4.78, 5) is 26.5. The minimum atomic E-state index is -0.595. The maximum Gasteiger partial charge on any atom is 0.414 e. The number of amides is 1. The molecule has 1 atom stereocenters. The maximum absolute atomic E-state index is 14.4. The number of hydrogen-bond acceptors (Lipinski definition) is 6. The Labute approximate surface area is 138 Å². The number of hydrogen-bond donors (Lipinski definition) is 0. The highest BCUT2D eigenvalue weighted by atomic mass is 19.1. The number of halogens is 1. The van der Waals surface area contributed by atoms with Gasteiger partial charge in [0.05, 0.1) is 44.7 Å². The zero-order valence-electron chi connectivity index (χ0n) is 13.4. The molecule has 2 aliphatic heterocycles. The number of esters is 1. The van der Waals surface area contributed by atoms with E-state index in [0.717, 1.165) is 0 Å². The van der Waals surface area contributed by atoms with Crippen LogP contribution in [0.5, 0.6) is 0 Å². The number of benzene rings is 1. The van der Waals surface area contributed by atoms with Crippen LogP contribution in [0.3, 0.4) is 0 Å². The molecule has 1 aromatic carbocycles. The van der Waals surface area contributed by atoms with E-state index in [-0.39, 0.29) is 13.0 Å². The molecular formula is C16H19FN2O5. The van der Waals surface area contributed by atoms with Crippen LogP contribution in [0.2, 0.25) is 0 Å². The monoisotopic (exact) mass is 338 g/mol. The molecule has 0 spiro atoms. The quantitative estimate of drug-likeness (QED) is 0.776. The first-order valence-electron chi connectivity index (χ1n) is 7.75. The summed E-state index contributed by atoms with van der Waals surface area (Å²) in [6.07, 6.45) is -1.21. The Bertz CT molecular complexity index is 633. The number of anilines is 2. The average Bonchev–Trinajstić information content (AvgIpc) is 2.95. The van der Waals surface area contributed by atoms with Gasteiger partial charge in [0.1, 0.15) is 11.9 Å². The van der Waals surface area contributed by atoms with E-state index in [4.69, 9.17) is 9.47 Å². The van der Waals surface area contributed by atoms with Crippen LogP contribution in [0.4, 0.5) is 20.6 Å². The van der Waals surface area contributed by atoms with Crippen LogP contribution < -0.4 is 9.80 Å². The van der Waals surface area contributed by atoms with Crippen molar-refractivity contribution in [1.82, 2.24) is 0 Å². The number of morpholine rings is 1. The second-order valence-electron chi connectivity index (χ2n) is 5.63. The Morgan fingerprint density at radius 3 is 2.79 bits per heavy atom. The van der Waals surface area contributed by atoms with Crippen LogP contribution in [0, 0.1) is 5.82 Å². The van der Waals surface area contributed by atoms with E-state index in [1.165, 1.54) is 18.1 Å². The van der Waals surface area contributed by atoms with Gasteiger partial charge in [-0.25, -0.2) is 9.18 Å². The van der Waals surface area contributed by atoms with Crippen LogP contribution in [0.25, 0.3) is 0 Å². The van der Waals surface area contributed by atoms with Crippen molar-refractivity contribution in [2.75, 3.05) is 49.8 Å². The zero-order chi connectivity index (χ0) is 17.1. The number of carbonyl (C=O) groups excluding carboxylic acids is 2. The van der Waals surface area contributed by atoms with Gasteiger partial charge in [-0.1, -0.05) is 0 Å². The largest absolute Gasteiger partial charge is 0.469 e. The molecule has 2 aliphatic rings. The van der Waals surface area contributed by atoms with Gasteiger partial charge in [0, 0.05) is 13.1 Å². The smallest absolute Gasteiger partial charge is 0.414 e. The third-order valence-corrected chi connectivity index (χ3v) is 4.09. The van der Waals surface area contributed by atoms with E-state index in [0.29, 0.717) is 37.7 Å². The van der Waals surface area contributed by atoms with Gasteiger partial charge in [-0.3, -0.25) is 9.69 Å². The average molecular weight is 338 g/mol. The first kappa shape index (κ1) is 16.5. The lowest BCUT2D eigenvalue weighted by molar-refractivity contribution is -0.142. The lowest BCUT2D eigenvalue weighted by atomic mass is 10.2. The molecule has 2 heterocycles. The normalized spacial score (nSPS) is 20.9. The number of nitrogens with zero attached hydrogens (tertiary/aromatic N) is 2. The first-order valence-corrected chi connectivity index (χ1v) is 7.75. The van der Waals surface area contributed by atoms with Crippen LogP contribution in [-0.4, -0.2) is 58.1 Å². The van der Waals surface area contributed by atoms with Gasteiger partial charge in [-0.05, 0) is 18.2 Å². The lowest BCUT2D eigenvalue weighted by Gasteiger charge is -2.29. The molecule has 0 aliphatic carbocycles. The van der Waals surface area contributed by atoms with Crippen LogP contribution in [0.15, 0.2) is 18.2 Å². The summed E-state index contributed by atoms with van der Waals surface area (Å²) in [5.74, 6) is -0.859. The van der Waals surface area contributed by atoms with Gasteiger partial charge in [-0.2, -0.15) is 0 Å². The predicted octanol–water partition coefficient (Wildman–Crippen LogP) is 1.55. The van der Waals surface area contributed by atoms with Crippen molar-refractivity contribution in [3.63, 3.8) is 0 Å². The summed E-state index contributed by atoms with van der Waals surface area (Å²) in [7, 11) is 1.27. The van der Waals surface area contributed by atoms with Gasteiger partial charge < -0.3 is 19.1 Å². The van der Waals surface area contributed by atoms with E-state index in [9.17, 15) is 14.0 Å². The van der Waals surface area contributed by atoms with Crippen molar-refractivity contribution in [2.24, 2.45) is 0 Å². The molecule has 0 N–H and O–H groups in total. The van der Waals surface area contributed by atoms with Crippen molar-refractivity contribution in [2.45, 2.75) is 12.5 Å². The Morgan fingerprint density at radius 1 is 1.38 bits per heavy atom. The summed E-state index contributed by atoms with van der Waals surface area (Å²) in [5.41, 5.74) is 0.891. The third-order valence-electron chi connectivity index (χ3n) is 4.09. The molecule has 0 saturated carbocycles. The highest BCUT2D eigenvalue weighted by Gasteiger charge is 2.34. The second kappa shape index (κ2) is 7.04. The number of carbonyl (C=O) groups is 2. The molecule has 0 aromatic heterocycles. The van der Waals surface area contributed by atoms with E-state index >= 15 is 0 Å². The van der Waals surface area contributed by atoms with Crippen molar-refractivity contribution < 1.29 is 28.2 Å². The fraction of sp³-hybridized carbons (Fsp3) is 0.500. The van der Waals surface area contributed by atoms with Crippen LogP contribution >= 0.6 is 0 Å². The number of ether oxygens (including phenoxy) is 3. The molecule has 2 saturated heterocycles. The van der Waals surface area contributed by atoms with Gasteiger partial charge in [-0.15, -0.1) is 0 Å². The van der Waals surface area contributed by atoms with Crippen LogP contribution in [-0.2, 0) is 19.0 Å². The van der Waals surface area contributed by atoms with Crippen molar-refractivity contribution >= 4 is 23.4 Å². The Kier molecular flexibility index (Phi) is 4.84. The molecule has 7 nitrogen and oxygen atoms in total. The topological polar surface area (TPSA) is 68.3 Å². The van der Waals surface area contributed by atoms with Crippen molar-refractivity contribution in [1.29, 1.82) is 0 Å². The highest BCUT2D eigenvalue weighted by molar-refractivity contribution is 5.90. The molecule has 1 amide bonds. The minimum absolute atomic E-state index is 0.0208. The lowest BCUT2D eigenvalue weighted by Crippen LogP contribution is -2.36. The standard InChI is InChI=1S/C16H19FN2O5/c1-22-15(20)9-12-10-19(16(21)24-12)11-2-3-14(13(17)8-11)18-4-6-23-7-5-18/h2-3,8,12H,4-7,9-10H2,1H3. The predicted molar refractivity (Wildman–Crippen MR) is 83.7 cm³/mol. The zero-order valence-corrected chi connectivity index (χ0v) is 13.4. The van der Waals surface area contributed by atoms with Gasteiger partial charge in [0.25, 0.3) is 0 Å². The Hall–Kier alpha value is -2.35. The van der Waals surface area contributed by atoms with Crippen LogP contribution in [0.1, 0.15) is 6.42 Å². The fourth-order valence-electron chi connectivity index (χ4n) is 2.83. The summed E-state index contributed by atoms with van der Waals surface area (Å²) >= 11 is 0. The molecule has 24 heavy (non-hydrogen) atoms. The summed E-state index contributed by atoms with van der Waals surface area (Å²) in [6.45, 7) is 2.57. The Balaban J connectivity index is 1.72. The van der Waals surface area contributed by atoms with E-state index < -0.39 is 24.0 Å². The number of methoxy groups -OCH3 is 1. The minimum Gasteiger partial charge on any atom is -0.469 e. The highest BCUT2D eigenvalue weighted by Crippen LogP contribution is 2.28. The van der Waals surface area contributed by atoms with Gasteiger partial charge >= 0.3 is 12.1 Å². The summed E-state index contributed by atoms with van der Waals surface area (Å²) in [6, 6.07) is 4.64. The molecule has 8 heteroatoms.